The van der Waals surface area contributed by atoms with Gasteiger partial charge in [-0.3, -0.25) is 4.79 Å². The van der Waals surface area contributed by atoms with Crippen LogP contribution in [-0.2, 0) is 9.53 Å². The number of amides is 1. The van der Waals surface area contributed by atoms with E-state index in [1.807, 2.05) is 0 Å². The Bertz CT molecular complexity index is 700. The second kappa shape index (κ2) is 8.14. The first kappa shape index (κ1) is 17.5. The van der Waals surface area contributed by atoms with Gasteiger partial charge in [-0.25, -0.2) is 9.78 Å². The molecule has 1 N–H and O–H groups in total. The molecule has 0 radical (unpaired) electrons. The number of hydrogen-bond acceptors (Lipinski definition) is 6. The van der Waals surface area contributed by atoms with Gasteiger partial charge in [-0.15, -0.1) is 11.3 Å². The Morgan fingerprint density at radius 2 is 1.96 bits per heavy atom. The number of aromatic nitrogens is 1. The average molecular weight is 375 g/mol. The first-order valence-corrected chi connectivity index (χ1v) is 8.08. The fourth-order valence-corrected chi connectivity index (χ4v) is 2.78. The lowest BCUT2D eigenvalue weighted by Crippen LogP contribution is -2.13. The Hall–Kier alpha value is -1.83. The highest BCUT2D eigenvalue weighted by atomic mass is 35.5. The topological polar surface area (TPSA) is 77.5 Å². The summed E-state index contributed by atoms with van der Waals surface area (Å²) in [7, 11) is 0. The molecule has 2 aromatic rings. The molecule has 9 heteroatoms. The van der Waals surface area contributed by atoms with Crippen molar-refractivity contribution in [1.82, 2.24) is 4.98 Å². The second-order valence-electron chi connectivity index (χ2n) is 4.25. The first-order chi connectivity index (χ1) is 11.0. The lowest BCUT2D eigenvalue weighted by Gasteiger charge is -2.09. The maximum Gasteiger partial charge on any atom is 0.358 e. The van der Waals surface area contributed by atoms with Crippen molar-refractivity contribution < 1.29 is 19.1 Å². The summed E-state index contributed by atoms with van der Waals surface area (Å²) in [5, 5.41) is 5.08. The van der Waals surface area contributed by atoms with Crippen molar-refractivity contribution in [3.8, 4) is 5.75 Å². The molecule has 2 rings (SSSR count). The minimum atomic E-state index is -0.605. The molecule has 1 heterocycles. The molecule has 1 aromatic carbocycles. The molecule has 0 fully saturated rings. The SMILES string of the molecule is CC(=O)Nc1nc(C(=O)OCCOc2c(Cl)cccc2Cl)cs1. The number of nitrogens with zero attached hydrogens (tertiary/aromatic N) is 1. The van der Waals surface area contributed by atoms with Crippen LogP contribution < -0.4 is 10.1 Å². The maximum absolute atomic E-state index is 11.8. The van der Waals surface area contributed by atoms with Gasteiger partial charge in [-0.05, 0) is 12.1 Å². The van der Waals surface area contributed by atoms with Crippen molar-refractivity contribution in [2.75, 3.05) is 18.5 Å². The molecule has 6 nitrogen and oxygen atoms in total. The number of thiazole rings is 1. The number of benzene rings is 1. The number of ether oxygens (including phenoxy) is 2. The molecule has 122 valence electrons. The molecule has 0 saturated heterocycles. The lowest BCUT2D eigenvalue weighted by molar-refractivity contribution is -0.114. The van der Waals surface area contributed by atoms with E-state index in [1.54, 1.807) is 18.2 Å². The van der Waals surface area contributed by atoms with E-state index in [0.29, 0.717) is 20.9 Å². The van der Waals surface area contributed by atoms with Crippen molar-refractivity contribution >= 4 is 51.5 Å². The highest BCUT2D eigenvalue weighted by Crippen LogP contribution is 2.32. The summed E-state index contributed by atoms with van der Waals surface area (Å²) in [6.45, 7) is 1.46. The Kier molecular flexibility index (Phi) is 6.20. The summed E-state index contributed by atoms with van der Waals surface area (Å²) in [5.74, 6) is -0.524. The second-order valence-corrected chi connectivity index (χ2v) is 5.93. The number of rotatable bonds is 6. The van der Waals surface area contributed by atoms with Gasteiger partial charge >= 0.3 is 5.97 Å². The van der Waals surface area contributed by atoms with Gasteiger partial charge in [0.1, 0.15) is 13.2 Å². The number of nitrogens with one attached hydrogen (secondary N) is 1. The minimum absolute atomic E-state index is 0.00732. The number of halogens is 2. The number of carbonyl (C=O) groups is 2. The molecule has 0 atom stereocenters. The highest BCUT2D eigenvalue weighted by molar-refractivity contribution is 7.14. The molecule has 1 amide bonds. The van der Waals surface area contributed by atoms with E-state index < -0.39 is 5.97 Å². The third-order valence-corrected chi connectivity index (χ3v) is 3.83. The molecule has 0 aliphatic rings. The third-order valence-electron chi connectivity index (χ3n) is 2.48. The summed E-state index contributed by atoms with van der Waals surface area (Å²) in [6.07, 6.45) is 0. The van der Waals surface area contributed by atoms with Gasteiger partial charge in [0.05, 0.1) is 10.0 Å². The van der Waals surface area contributed by atoms with Crippen molar-refractivity contribution in [3.63, 3.8) is 0 Å². The molecular formula is C14H12Cl2N2O4S. The zero-order chi connectivity index (χ0) is 16.8. The average Bonchev–Trinajstić information content (AvgIpc) is 2.93. The van der Waals surface area contributed by atoms with Crippen LogP contribution in [0, 0.1) is 0 Å². The summed E-state index contributed by atoms with van der Waals surface area (Å²) >= 11 is 13.0. The minimum Gasteiger partial charge on any atom is -0.487 e. The van der Waals surface area contributed by atoms with E-state index >= 15 is 0 Å². The summed E-state index contributed by atoms with van der Waals surface area (Å²) in [6, 6.07) is 4.99. The fourth-order valence-electron chi connectivity index (χ4n) is 1.55. The zero-order valence-corrected chi connectivity index (χ0v) is 14.3. The van der Waals surface area contributed by atoms with Gasteiger partial charge < -0.3 is 14.8 Å². The normalized spacial score (nSPS) is 10.2. The number of para-hydroxylation sites is 1. The zero-order valence-electron chi connectivity index (χ0n) is 12.0. The monoisotopic (exact) mass is 374 g/mol. The maximum atomic E-state index is 11.8. The van der Waals surface area contributed by atoms with Crippen molar-refractivity contribution in [3.05, 3.63) is 39.3 Å². The standard InChI is InChI=1S/C14H12Cl2N2O4S/c1-8(19)17-14-18-11(7-23-14)13(20)22-6-5-21-12-9(15)3-2-4-10(12)16/h2-4,7H,5-6H2,1H3,(H,17,18,19). The lowest BCUT2D eigenvalue weighted by atomic mass is 10.3. The van der Waals surface area contributed by atoms with Crippen LogP contribution in [0.5, 0.6) is 5.75 Å². The molecule has 0 saturated carbocycles. The van der Waals surface area contributed by atoms with E-state index in [-0.39, 0.29) is 24.8 Å². The number of esters is 1. The number of carbonyl (C=O) groups excluding carboxylic acids is 2. The Morgan fingerprint density at radius 3 is 2.61 bits per heavy atom. The van der Waals surface area contributed by atoms with Crippen LogP contribution in [0.15, 0.2) is 23.6 Å². The van der Waals surface area contributed by atoms with Crippen molar-refractivity contribution in [2.24, 2.45) is 0 Å². The molecule has 0 aliphatic carbocycles. The number of hydrogen-bond donors (Lipinski definition) is 1. The smallest absolute Gasteiger partial charge is 0.358 e. The van der Waals surface area contributed by atoms with Crippen LogP contribution in [-0.4, -0.2) is 30.1 Å². The molecule has 23 heavy (non-hydrogen) atoms. The molecule has 0 spiro atoms. The summed E-state index contributed by atoms with van der Waals surface area (Å²) in [4.78, 5) is 26.6. The predicted octanol–water partition coefficient (Wildman–Crippen LogP) is 3.64. The molecule has 0 bridgehead atoms. The van der Waals surface area contributed by atoms with Crippen molar-refractivity contribution in [1.29, 1.82) is 0 Å². The Morgan fingerprint density at radius 1 is 1.26 bits per heavy atom. The van der Waals surface area contributed by atoms with Gasteiger partial charge in [0.25, 0.3) is 0 Å². The summed E-state index contributed by atoms with van der Waals surface area (Å²) in [5.41, 5.74) is 0.120. The van der Waals surface area contributed by atoms with E-state index in [0.717, 1.165) is 11.3 Å². The van der Waals surface area contributed by atoms with E-state index in [4.69, 9.17) is 32.7 Å². The van der Waals surface area contributed by atoms with Gasteiger partial charge in [0, 0.05) is 12.3 Å². The van der Waals surface area contributed by atoms with Crippen LogP contribution in [0.25, 0.3) is 0 Å². The van der Waals surface area contributed by atoms with Crippen LogP contribution in [0.1, 0.15) is 17.4 Å². The Balaban J connectivity index is 1.81. The third kappa shape index (κ3) is 5.09. The first-order valence-electron chi connectivity index (χ1n) is 6.44. The molecule has 0 unspecified atom stereocenters. The predicted molar refractivity (Wildman–Crippen MR) is 88.7 cm³/mol. The van der Waals surface area contributed by atoms with Crippen LogP contribution in [0.4, 0.5) is 5.13 Å². The van der Waals surface area contributed by atoms with Gasteiger partial charge in [-0.2, -0.15) is 0 Å². The summed E-state index contributed by atoms with van der Waals surface area (Å²) < 4.78 is 10.4. The van der Waals surface area contributed by atoms with E-state index in [9.17, 15) is 9.59 Å². The molecule has 1 aromatic heterocycles. The van der Waals surface area contributed by atoms with Gasteiger partial charge in [0.2, 0.25) is 5.91 Å². The largest absolute Gasteiger partial charge is 0.487 e. The van der Waals surface area contributed by atoms with E-state index in [1.165, 1.54) is 12.3 Å². The van der Waals surface area contributed by atoms with Crippen LogP contribution >= 0.6 is 34.5 Å². The fraction of sp³-hybridized carbons (Fsp3) is 0.214. The molecule has 0 aliphatic heterocycles. The quantitative estimate of drug-likeness (QED) is 0.616. The van der Waals surface area contributed by atoms with Gasteiger partial charge in [0.15, 0.2) is 16.6 Å². The van der Waals surface area contributed by atoms with Gasteiger partial charge in [-0.1, -0.05) is 29.3 Å². The molecular weight excluding hydrogens is 363 g/mol. The van der Waals surface area contributed by atoms with Crippen molar-refractivity contribution in [2.45, 2.75) is 6.92 Å². The Labute approximate surface area is 146 Å². The van der Waals surface area contributed by atoms with E-state index in [2.05, 4.69) is 10.3 Å². The van der Waals surface area contributed by atoms with Crippen LogP contribution in [0.3, 0.4) is 0 Å². The highest BCUT2D eigenvalue weighted by Gasteiger charge is 2.13. The number of anilines is 1. The van der Waals surface area contributed by atoms with Crippen LogP contribution in [0.2, 0.25) is 10.0 Å².